The van der Waals surface area contributed by atoms with Crippen LogP contribution in [0.4, 0.5) is 4.39 Å². The number of carbonyl (C=O) groups is 4. The second-order valence-electron chi connectivity index (χ2n) is 9.73. The molecule has 2 aromatic rings. The highest BCUT2D eigenvalue weighted by Gasteiger charge is 2.39. The number of likely N-dealkylation sites (tertiary alicyclic amines) is 1. The predicted octanol–water partition coefficient (Wildman–Crippen LogP) is 3.06. The van der Waals surface area contributed by atoms with E-state index in [0.29, 0.717) is 30.9 Å². The second kappa shape index (κ2) is 10.8. The molecule has 0 spiro atoms. The van der Waals surface area contributed by atoms with Gasteiger partial charge in [0.2, 0.25) is 11.8 Å². The highest BCUT2D eigenvalue weighted by atomic mass is 19.1. The molecule has 3 heterocycles. The number of amides is 4. The highest BCUT2D eigenvalue weighted by Crippen LogP contribution is 2.31. The van der Waals surface area contributed by atoms with Gasteiger partial charge in [0.15, 0.2) is 11.6 Å². The number of hydrogen-bond donors (Lipinski definition) is 1. The molecule has 2 saturated heterocycles. The minimum absolute atomic E-state index is 0.0209. The van der Waals surface area contributed by atoms with Crippen LogP contribution in [-0.4, -0.2) is 65.3 Å². The van der Waals surface area contributed by atoms with Gasteiger partial charge in [0, 0.05) is 25.1 Å². The SMILES string of the molecule is CCOc1cccc(C(=O)N2CCCC[C@H]2COc2ccc3c(c2)CN(C2CCC(=O)NC2=O)C3=O)c1F. The van der Waals surface area contributed by atoms with Crippen molar-refractivity contribution in [3.63, 3.8) is 0 Å². The van der Waals surface area contributed by atoms with Gasteiger partial charge in [0.25, 0.3) is 11.8 Å². The molecule has 0 bridgehead atoms. The average molecular weight is 524 g/mol. The van der Waals surface area contributed by atoms with Crippen molar-refractivity contribution in [1.82, 2.24) is 15.1 Å². The Bertz CT molecular complexity index is 1280. The van der Waals surface area contributed by atoms with Crippen LogP contribution in [-0.2, 0) is 16.1 Å². The highest BCUT2D eigenvalue weighted by molar-refractivity contribution is 6.05. The lowest BCUT2D eigenvalue weighted by atomic mass is 10.0. The molecule has 3 aliphatic heterocycles. The van der Waals surface area contributed by atoms with E-state index in [1.165, 1.54) is 17.0 Å². The number of imide groups is 1. The number of hydrogen-bond acceptors (Lipinski definition) is 6. The summed E-state index contributed by atoms with van der Waals surface area (Å²) in [4.78, 5) is 53.1. The third-order valence-corrected chi connectivity index (χ3v) is 7.32. The monoisotopic (exact) mass is 523 g/mol. The number of nitrogens with one attached hydrogen (secondary N) is 1. The van der Waals surface area contributed by atoms with Crippen molar-refractivity contribution in [2.45, 2.75) is 57.7 Å². The van der Waals surface area contributed by atoms with Gasteiger partial charge in [-0.25, -0.2) is 4.39 Å². The van der Waals surface area contributed by atoms with E-state index in [-0.39, 0.29) is 48.7 Å². The summed E-state index contributed by atoms with van der Waals surface area (Å²) in [5.41, 5.74) is 1.22. The summed E-state index contributed by atoms with van der Waals surface area (Å²) in [5, 5.41) is 2.30. The van der Waals surface area contributed by atoms with Crippen molar-refractivity contribution < 1.29 is 33.0 Å². The number of benzene rings is 2. The van der Waals surface area contributed by atoms with E-state index in [2.05, 4.69) is 5.32 Å². The van der Waals surface area contributed by atoms with Crippen LogP contribution in [0.5, 0.6) is 11.5 Å². The maximum Gasteiger partial charge on any atom is 0.257 e. The Kier molecular flexibility index (Phi) is 7.31. The Morgan fingerprint density at radius 3 is 2.74 bits per heavy atom. The fourth-order valence-electron chi connectivity index (χ4n) is 5.37. The van der Waals surface area contributed by atoms with E-state index in [1.54, 1.807) is 36.1 Å². The van der Waals surface area contributed by atoms with Crippen molar-refractivity contribution in [3.05, 3.63) is 58.9 Å². The third-order valence-electron chi connectivity index (χ3n) is 7.32. The minimum atomic E-state index is -0.680. The van der Waals surface area contributed by atoms with Gasteiger partial charge >= 0.3 is 0 Å². The smallest absolute Gasteiger partial charge is 0.257 e. The third kappa shape index (κ3) is 4.94. The molecule has 0 aromatic heterocycles. The maximum absolute atomic E-state index is 14.9. The van der Waals surface area contributed by atoms with Crippen molar-refractivity contribution >= 4 is 23.6 Å². The predicted molar refractivity (Wildman–Crippen MR) is 134 cm³/mol. The molecule has 38 heavy (non-hydrogen) atoms. The van der Waals surface area contributed by atoms with Gasteiger partial charge in [-0.05, 0) is 68.5 Å². The summed E-state index contributed by atoms with van der Waals surface area (Å²) in [6.45, 7) is 3.04. The molecule has 9 nitrogen and oxygen atoms in total. The largest absolute Gasteiger partial charge is 0.491 e. The van der Waals surface area contributed by atoms with Crippen LogP contribution in [0.15, 0.2) is 36.4 Å². The molecule has 2 fully saturated rings. The van der Waals surface area contributed by atoms with Crippen LogP contribution in [0.1, 0.15) is 65.3 Å². The first-order chi connectivity index (χ1) is 18.4. The summed E-state index contributed by atoms with van der Waals surface area (Å²) in [6, 6.07) is 8.83. The van der Waals surface area contributed by atoms with Crippen LogP contribution in [0.3, 0.4) is 0 Å². The van der Waals surface area contributed by atoms with Crippen LogP contribution in [0.2, 0.25) is 0 Å². The fraction of sp³-hybridized carbons (Fsp3) is 0.429. The quantitative estimate of drug-likeness (QED) is 0.560. The van der Waals surface area contributed by atoms with Gasteiger partial charge < -0.3 is 19.3 Å². The first-order valence-corrected chi connectivity index (χ1v) is 13.0. The molecule has 1 N–H and O–H groups in total. The fourth-order valence-corrected chi connectivity index (χ4v) is 5.37. The zero-order valence-electron chi connectivity index (χ0n) is 21.2. The normalized spacial score (nSPS) is 21.3. The standard InChI is InChI=1S/C28H30FN3O6/c1-2-37-23-8-5-7-21(25(23)29)28(36)31-13-4-3-6-18(31)16-38-19-9-10-20-17(14-19)15-32(27(20)35)22-11-12-24(33)30-26(22)34/h5,7-10,14,18,22H,2-4,6,11-13,15-16H2,1H3,(H,30,33,34)/t18-,22?/m0/s1. The molecular formula is C28H30FN3O6. The van der Waals surface area contributed by atoms with Gasteiger partial charge in [-0.2, -0.15) is 0 Å². The Hall–Kier alpha value is -3.95. The molecule has 200 valence electrons. The molecule has 3 aliphatic rings. The van der Waals surface area contributed by atoms with Crippen molar-refractivity contribution in [2.75, 3.05) is 19.8 Å². The number of halogens is 1. The van der Waals surface area contributed by atoms with Crippen molar-refractivity contribution in [1.29, 1.82) is 0 Å². The van der Waals surface area contributed by atoms with Crippen LogP contribution < -0.4 is 14.8 Å². The Morgan fingerprint density at radius 2 is 1.95 bits per heavy atom. The molecule has 5 rings (SSSR count). The minimum Gasteiger partial charge on any atom is -0.491 e. The van der Waals surface area contributed by atoms with E-state index in [9.17, 15) is 23.6 Å². The lowest BCUT2D eigenvalue weighted by molar-refractivity contribution is -0.136. The zero-order chi connectivity index (χ0) is 26.8. The summed E-state index contributed by atoms with van der Waals surface area (Å²) < 4.78 is 26.3. The Morgan fingerprint density at radius 1 is 1.11 bits per heavy atom. The average Bonchev–Trinajstić information content (AvgIpc) is 3.24. The number of carbonyl (C=O) groups excluding carboxylic acids is 4. The summed E-state index contributed by atoms with van der Waals surface area (Å²) in [7, 11) is 0. The van der Waals surface area contributed by atoms with Crippen LogP contribution in [0, 0.1) is 5.82 Å². The Balaban J connectivity index is 1.26. The number of piperidine rings is 2. The van der Waals surface area contributed by atoms with E-state index in [4.69, 9.17) is 9.47 Å². The van der Waals surface area contributed by atoms with E-state index >= 15 is 0 Å². The molecule has 10 heteroatoms. The summed E-state index contributed by atoms with van der Waals surface area (Å²) in [5.74, 6) is -1.48. The van der Waals surface area contributed by atoms with Gasteiger partial charge in [-0.3, -0.25) is 24.5 Å². The number of fused-ring (bicyclic) bond motifs is 1. The van der Waals surface area contributed by atoms with Gasteiger partial charge in [0.1, 0.15) is 18.4 Å². The first-order valence-electron chi connectivity index (χ1n) is 13.0. The topological polar surface area (TPSA) is 105 Å². The summed E-state index contributed by atoms with van der Waals surface area (Å²) in [6.07, 6.45) is 2.98. The Labute approximate surface area is 219 Å². The zero-order valence-corrected chi connectivity index (χ0v) is 21.2. The molecule has 2 aromatic carbocycles. The number of ether oxygens (including phenoxy) is 2. The molecule has 0 aliphatic carbocycles. The van der Waals surface area contributed by atoms with E-state index in [0.717, 1.165) is 24.8 Å². The lowest BCUT2D eigenvalue weighted by Gasteiger charge is -2.35. The molecular weight excluding hydrogens is 493 g/mol. The van der Waals surface area contributed by atoms with E-state index < -0.39 is 23.7 Å². The molecule has 4 amide bonds. The molecule has 0 saturated carbocycles. The van der Waals surface area contributed by atoms with Crippen LogP contribution in [0.25, 0.3) is 0 Å². The molecule has 1 unspecified atom stereocenters. The van der Waals surface area contributed by atoms with Gasteiger partial charge in [0.05, 0.1) is 18.2 Å². The number of rotatable bonds is 7. The number of nitrogens with zero attached hydrogens (tertiary/aromatic N) is 2. The summed E-state index contributed by atoms with van der Waals surface area (Å²) >= 11 is 0. The van der Waals surface area contributed by atoms with Crippen LogP contribution >= 0.6 is 0 Å². The second-order valence-corrected chi connectivity index (χ2v) is 9.73. The van der Waals surface area contributed by atoms with E-state index in [1.807, 2.05) is 0 Å². The van der Waals surface area contributed by atoms with Crippen molar-refractivity contribution in [2.24, 2.45) is 0 Å². The van der Waals surface area contributed by atoms with Crippen molar-refractivity contribution in [3.8, 4) is 11.5 Å². The molecule has 2 atom stereocenters. The van der Waals surface area contributed by atoms with Gasteiger partial charge in [-0.1, -0.05) is 6.07 Å². The lowest BCUT2D eigenvalue weighted by Crippen LogP contribution is -2.52. The van der Waals surface area contributed by atoms with Gasteiger partial charge in [-0.15, -0.1) is 0 Å². The molecule has 0 radical (unpaired) electrons. The first kappa shape index (κ1) is 25.7. The maximum atomic E-state index is 14.9.